The van der Waals surface area contributed by atoms with Crippen LogP contribution in [-0.2, 0) is 9.59 Å². The molecule has 1 aliphatic rings. The number of aliphatic hydroxyl groups is 1. The number of carbonyl (C=O) groups is 2. The Morgan fingerprint density at radius 2 is 1.96 bits per heavy atom. The minimum absolute atomic E-state index is 0.0425. The monoisotopic (exact) mass is 341 g/mol. The molecule has 1 N–H and O–H groups in total. The van der Waals surface area contributed by atoms with E-state index in [0.717, 1.165) is 0 Å². The van der Waals surface area contributed by atoms with E-state index in [0.29, 0.717) is 17.2 Å². The van der Waals surface area contributed by atoms with Crippen LogP contribution in [0.5, 0.6) is 5.75 Å². The van der Waals surface area contributed by atoms with Gasteiger partial charge in [0.25, 0.3) is 5.91 Å². The lowest BCUT2D eigenvalue weighted by Gasteiger charge is -2.26. The van der Waals surface area contributed by atoms with E-state index in [9.17, 15) is 14.7 Å². The molecular weight excluding hydrogens is 322 g/mol. The molecule has 0 radical (unpaired) electrons. The molecule has 6 nitrogen and oxygen atoms in total. The second-order valence-corrected chi connectivity index (χ2v) is 6.05. The summed E-state index contributed by atoms with van der Waals surface area (Å²) in [6.07, 6.45) is 1.47. The maximum absolute atomic E-state index is 12.8. The van der Waals surface area contributed by atoms with E-state index in [1.54, 1.807) is 50.2 Å². The fraction of sp³-hybridized carbons (Fsp3) is 0.263. The summed E-state index contributed by atoms with van der Waals surface area (Å²) < 4.78 is 10.8. The molecule has 0 fully saturated rings. The van der Waals surface area contributed by atoms with Crippen LogP contribution in [0, 0.1) is 5.92 Å². The number of para-hydroxylation sites is 2. The molecule has 0 bridgehead atoms. The van der Waals surface area contributed by atoms with Crippen molar-refractivity contribution in [3.63, 3.8) is 0 Å². The molecule has 0 spiro atoms. The van der Waals surface area contributed by atoms with Gasteiger partial charge >= 0.3 is 0 Å². The fourth-order valence-corrected chi connectivity index (χ4v) is 2.96. The molecule has 0 saturated heterocycles. The molecule has 6 heteroatoms. The van der Waals surface area contributed by atoms with Gasteiger partial charge in [0, 0.05) is 5.92 Å². The molecule has 3 rings (SSSR count). The minimum atomic E-state index is -0.839. The SMILES string of the molecule is COc1ccccc1N1C(=O)C(O)=C(C(=O)C(C)C)C1c1ccco1. The predicted molar refractivity (Wildman–Crippen MR) is 91.4 cm³/mol. The Hall–Kier alpha value is -3.02. The van der Waals surface area contributed by atoms with Gasteiger partial charge in [0.05, 0.1) is 24.6 Å². The molecule has 25 heavy (non-hydrogen) atoms. The summed E-state index contributed by atoms with van der Waals surface area (Å²) in [7, 11) is 1.49. The van der Waals surface area contributed by atoms with Gasteiger partial charge in [-0.1, -0.05) is 26.0 Å². The van der Waals surface area contributed by atoms with Crippen LogP contribution in [0.25, 0.3) is 0 Å². The highest BCUT2D eigenvalue weighted by atomic mass is 16.5. The third kappa shape index (κ3) is 2.69. The molecule has 1 aromatic carbocycles. The van der Waals surface area contributed by atoms with Crippen molar-refractivity contribution in [3.8, 4) is 5.75 Å². The Labute approximate surface area is 145 Å². The number of hydrogen-bond donors (Lipinski definition) is 1. The summed E-state index contributed by atoms with van der Waals surface area (Å²) in [5.74, 6) is -1.03. The zero-order chi connectivity index (χ0) is 18.1. The molecule has 1 atom stereocenters. The average Bonchev–Trinajstić information content (AvgIpc) is 3.22. The van der Waals surface area contributed by atoms with E-state index < -0.39 is 17.7 Å². The smallest absolute Gasteiger partial charge is 0.294 e. The minimum Gasteiger partial charge on any atom is -0.503 e. The number of hydrogen-bond acceptors (Lipinski definition) is 5. The summed E-state index contributed by atoms with van der Waals surface area (Å²) in [6.45, 7) is 3.44. The average molecular weight is 341 g/mol. The number of benzene rings is 1. The second-order valence-electron chi connectivity index (χ2n) is 6.05. The fourth-order valence-electron chi connectivity index (χ4n) is 2.96. The van der Waals surface area contributed by atoms with Crippen LogP contribution in [-0.4, -0.2) is 23.9 Å². The predicted octanol–water partition coefficient (Wildman–Crippen LogP) is 3.41. The lowest BCUT2D eigenvalue weighted by atomic mass is 9.94. The van der Waals surface area contributed by atoms with Gasteiger partial charge in [0.15, 0.2) is 11.5 Å². The van der Waals surface area contributed by atoms with Crippen LogP contribution in [0.15, 0.2) is 58.4 Å². The van der Waals surface area contributed by atoms with Gasteiger partial charge in [-0.05, 0) is 24.3 Å². The second kappa shape index (κ2) is 6.47. The van der Waals surface area contributed by atoms with Crippen LogP contribution in [0.1, 0.15) is 25.6 Å². The molecule has 130 valence electrons. The summed E-state index contributed by atoms with van der Waals surface area (Å²) >= 11 is 0. The highest BCUT2D eigenvalue weighted by molar-refractivity contribution is 6.17. The Balaban J connectivity index is 2.19. The highest BCUT2D eigenvalue weighted by Crippen LogP contribution is 2.44. The maximum Gasteiger partial charge on any atom is 0.294 e. The van der Waals surface area contributed by atoms with E-state index in [-0.39, 0.29) is 17.3 Å². The van der Waals surface area contributed by atoms with Crippen molar-refractivity contribution in [3.05, 3.63) is 59.8 Å². The Morgan fingerprint density at radius 3 is 2.56 bits per heavy atom. The van der Waals surface area contributed by atoms with E-state index >= 15 is 0 Å². The molecule has 0 saturated carbocycles. The number of amides is 1. The normalized spacial score (nSPS) is 17.5. The first-order valence-corrected chi connectivity index (χ1v) is 7.94. The largest absolute Gasteiger partial charge is 0.503 e. The molecule has 1 aromatic heterocycles. The van der Waals surface area contributed by atoms with Crippen molar-refractivity contribution in [2.75, 3.05) is 12.0 Å². The van der Waals surface area contributed by atoms with Gasteiger partial charge in [-0.15, -0.1) is 0 Å². The van der Waals surface area contributed by atoms with Gasteiger partial charge in [-0.3, -0.25) is 14.5 Å². The zero-order valence-corrected chi connectivity index (χ0v) is 14.2. The van der Waals surface area contributed by atoms with E-state index in [2.05, 4.69) is 0 Å². The summed E-state index contributed by atoms with van der Waals surface area (Å²) in [4.78, 5) is 26.8. The van der Waals surface area contributed by atoms with Crippen molar-refractivity contribution >= 4 is 17.4 Å². The third-order valence-corrected chi connectivity index (χ3v) is 4.16. The number of methoxy groups -OCH3 is 1. The standard InChI is InChI=1S/C19H19NO5/c1-11(2)17(21)15-16(14-9-6-10-25-14)20(19(23)18(15)22)12-7-4-5-8-13(12)24-3/h4-11,16,22H,1-3H3. The Bertz CT molecular complexity index is 835. The highest BCUT2D eigenvalue weighted by Gasteiger charge is 2.46. The number of aliphatic hydroxyl groups excluding tert-OH is 1. The van der Waals surface area contributed by atoms with Crippen LogP contribution in [0.4, 0.5) is 5.69 Å². The topological polar surface area (TPSA) is 80.0 Å². The van der Waals surface area contributed by atoms with Crippen LogP contribution in [0.2, 0.25) is 0 Å². The van der Waals surface area contributed by atoms with Gasteiger partial charge in [-0.25, -0.2) is 0 Å². The van der Waals surface area contributed by atoms with Crippen molar-refractivity contribution < 1.29 is 23.8 Å². The Kier molecular flexibility index (Phi) is 4.35. The number of ether oxygens (including phenoxy) is 1. The number of nitrogens with zero attached hydrogens (tertiary/aromatic N) is 1. The summed E-state index contributed by atoms with van der Waals surface area (Å²) in [6, 6.07) is 9.44. The molecular formula is C19H19NO5. The van der Waals surface area contributed by atoms with Crippen LogP contribution in [0.3, 0.4) is 0 Å². The number of furan rings is 1. The maximum atomic E-state index is 12.8. The molecule has 1 unspecified atom stereocenters. The molecule has 2 aromatic rings. The Morgan fingerprint density at radius 1 is 1.24 bits per heavy atom. The van der Waals surface area contributed by atoms with Gasteiger partial charge in [-0.2, -0.15) is 0 Å². The van der Waals surface area contributed by atoms with Crippen molar-refractivity contribution in [1.29, 1.82) is 0 Å². The lowest BCUT2D eigenvalue weighted by molar-refractivity contribution is -0.119. The van der Waals surface area contributed by atoms with Crippen molar-refractivity contribution in [2.45, 2.75) is 19.9 Å². The number of Topliss-reactive ketones (excluding diaryl/α,β-unsaturated/α-hetero) is 1. The first kappa shape index (κ1) is 16.8. The van der Waals surface area contributed by atoms with Gasteiger partial charge in [0.2, 0.25) is 0 Å². The van der Waals surface area contributed by atoms with E-state index in [1.807, 2.05) is 0 Å². The number of ketones is 1. The molecule has 0 aliphatic carbocycles. The van der Waals surface area contributed by atoms with Crippen molar-refractivity contribution in [1.82, 2.24) is 0 Å². The molecule has 2 heterocycles. The lowest BCUT2D eigenvalue weighted by Crippen LogP contribution is -2.31. The number of carbonyl (C=O) groups excluding carboxylic acids is 2. The third-order valence-electron chi connectivity index (χ3n) is 4.16. The van der Waals surface area contributed by atoms with Crippen molar-refractivity contribution in [2.24, 2.45) is 5.92 Å². The van der Waals surface area contributed by atoms with E-state index in [4.69, 9.17) is 9.15 Å². The summed E-state index contributed by atoms with van der Waals surface area (Å²) in [5, 5.41) is 10.4. The van der Waals surface area contributed by atoms with Crippen LogP contribution >= 0.6 is 0 Å². The van der Waals surface area contributed by atoms with E-state index in [1.165, 1.54) is 18.3 Å². The first-order valence-electron chi connectivity index (χ1n) is 7.94. The van der Waals surface area contributed by atoms with Gasteiger partial charge in [0.1, 0.15) is 17.6 Å². The summed E-state index contributed by atoms with van der Waals surface area (Å²) in [5.41, 5.74) is 0.496. The number of rotatable bonds is 5. The molecule has 1 amide bonds. The van der Waals surface area contributed by atoms with Crippen LogP contribution < -0.4 is 9.64 Å². The zero-order valence-electron chi connectivity index (χ0n) is 14.2. The number of anilines is 1. The first-order chi connectivity index (χ1) is 12.0. The molecule has 1 aliphatic heterocycles. The quantitative estimate of drug-likeness (QED) is 0.901. The van der Waals surface area contributed by atoms with Gasteiger partial charge < -0.3 is 14.3 Å².